The Morgan fingerprint density at radius 2 is 2.00 bits per heavy atom. The first kappa shape index (κ1) is 16.1. The lowest BCUT2D eigenvalue weighted by Crippen LogP contribution is -2.62. The predicted molar refractivity (Wildman–Crippen MR) is 87.6 cm³/mol. The van der Waals surface area contributed by atoms with Gasteiger partial charge in [0.1, 0.15) is 0 Å². The van der Waals surface area contributed by atoms with Crippen LogP contribution in [0.15, 0.2) is 18.2 Å². The summed E-state index contributed by atoms with van der Waals surface area (Å²) in [5.41, 5.74) is 1.37. The van der Waals surface area contributed by atoms with Gasteiger partial charge in [-0.1, -0.05) is 43.1 Å². The number of halogens is 2. The number of hydrogen-bond donors (Lipinski definition) is 1. The number of nitrogens with one attached hydrogen (secondary N) is 1. The molecule has 1 aliphatic heterocycles. The van der Waals surface area contributed by atoms with E-state index < -0.39 is 0 Å². The lowest BCUT2D eigenvalue weighted by Gasteiger charge is -2.47. The molecule has 0 amide bonds. The highest BCUT2D eigenvalue weighted by molar-refractivity contribution is 6.42. The van der Waals surface area contributed by atoms with Crippen molar-refractivity contribution in [1.29, 1.82) is 0 Å². The molecular formula is C16H24Cl2N2. The zero-order valence-corrected chi connectivity index (χ0v) is 14.2. The van der Waals surface area contributed by atoms with E-state index in [1.165, 1.54) is 5.56 Å². The van der Waals surface area contributed by atoms with Crippen molar-refractivity contribution >= 4 is 23.2 Å². The topological polar surface area (TPSA) is 15.3 Å². The summed E-state index contributed by atoms with van der Waals surface area (Å²) in [6, 6.07) is 6.48. The van der Waals surface area contributed by atoms with E-state index in [9.17, 15) is 0 Å². The van der Waals surface area contributed by atoms with E-state index >= 15 is 0 Å². The van der Waals surface area contributed by atoms with Crippen LogP contribution in [-0.2, 0) is 6.54 Å². The molecule has 1 aromatic rings. The van der Waals surface area contributed by atoms with Crippen LogP contribution in [0.2, 0.25) is 10.0 Å². The first-order chi connectivity index (χ1) is 9.29. The van der Waals surface area contributed by atoms with Crippen molar-refractivity contribution in [3.8, 4) is 0 Å². The number of hydrogen-bond acceptors (Lipinski definition) is 2. The Bertz CT molecular complexity index is 472. The van der Waals surface area contributed by atoms with Gasteiger partial charge in [0.2, 0.25) is 0 Å². The van der Waals surface area contributed by atoms with Gasteiger partial charge in [-0.3, -0.25) is 4.90 Å². The molecule has 4 heteroatoms. The maximum absolute atomic E-state index is 6.12. The molecule has 2 nitrogen and oxygen atoms in total. The van der Waals surface area contributed by atoms with E-state index in [-0.39, 0.29) is 5.54 Å². The summed E-state index contributed by atoms with van der Waals surface area (Å²) in [6.07, 6.45) is 0. The molecule has 1 N–H and O–H groups in total. The Labute approximate surface area is 132 Å². The lowest BCUT2D eigenvalue weighted by atomic mass is 9.92. The minimum Gasteiger partial charge on any atom is -0.311 e. The van der Waals surface area contributed by atoms with Gasteiger partial charge in [0, 0.05) is 31.2 Å². The molecule has 1 atom stereocenters. The molecule has 1 saturated heterocycles. The molecule has 1 heterocycles. The number of nitrogens with zero attached hydrogens (tertiary/aromatic N) is 1. The average molecular weight is 315 g/mol. The Hall–Kier alpha value is -0.280. The SMILES string of the molecule is CC(C)C1CN(Cc2ccc(Cl)c(Cl)c2)C(C)(C)CN1. The Morgan fingerprint density at radius 1 is 1.30 bits per heavy atom. The predicted octanol–water partition coefficient (Wildman–Crippen LogP) is 4.20. The first-order valence-electron chi connectivity index (χ1n) is 7.22. The number of piperazine rings is 1. The Kier molecular flexibility index (Phi) is 5.01. The summed E-state index contributed by atoms with van der Waals surface area (Å²) < 4.78 is 0. The molecule has 0 aliphatic carbocycles. The quantitative estimate of drug-likeness (QED) is 0.899. The van der Waals surface area contributed by atoms with Crippen LogP contribution in [0.25, 0.3) is 0 Å². The minimum atomic E-state index is 0.150. The molecule has 0 aromatic heterocycles. The fourth-order valence-corrected chi connectivity index (χ4v) is 2.95. The second-order valence-electron chi connectivity index (χ2n) is 6.67. The maximum Gasteiger partial charge on any atom is 0.0595 e. The van der Waals surface area contributed by atoms with Crippen LogP contribution < -0.4 is 5.32 Å². The third-order valence-corrected chi connectivity index (χ3v) is 4.97. The maximum atomic E-state index is 6.12. The van der Waals surface area contributed by atoms with E-state index in [0.717, 1.165) is 19.6 Å². The van der Waals surface area contributed by atoms with Gasteiger partial charge in [-0.2, -0.15) is 0 Å². The zero-order chi connectivity index (χ0) is 14.9. The molecule has 0 saturated carbocycles. The van der Waals surface area contributed by atoms with Crippen molar-refractivity contribution in [2.75, 3.05) is 13.1 Å². The van der Waals surface area contributed by atoms with Gasteiger partial charge in [0.25, 0.3) is 0 Å². The van der Waals surface area contributed by atoms with Crippen molar-refractivity contribution < 1.29 is 0 Å². The van der Waals surface area contributed by atoms with Gasteiger partial charge in [0.05, 0.1) is 10.0 Å². The summed E-state index contributed by atoms with van der Waals surface area (Å²) in [4.78, 5) is 2.54. The molecular weight excluding hydrogens is 291 g/mol. The molecule has 1 fully saturated rings. The third kappa shape index (κ3) is 3.67. The summed E-state index contributed by atoms with van der Waals surface area (Å²) in [5.74, 6) is 0.641. The van der Waals surface area contributed by atoms with Crippen LogP contribution in [0.3, 0.4) is 0 Å². The fourth-order valence-electron chi connectivity index (χ4n) is 2.63. The smallest absolute Gasteiger partial charge is 0.0595 e. The van der Waals surface area contributed by atoms with Crippen LogP contribution in [0.5, 0.6) is 0 Å². The molecule has 0 spiro atoms. The monoisotopic (exact) mass is 314 g/mol. The number of benzene rings is 1. The third-order valence-electron chi connectivity index (χ3n) is 4.23. The van der Waals surface area contributed by atoms with Gasteiger partial charge in [0.15, 0.2) is 0 Å². The van der Waals surface area contributed by atoms with E-state index in [1.807, 2.05) is 12.1 Å². The van der Waals surface area contributed by atoms with Gasteiger partial charge >= 0.3 is 0 Å². The van der Waals surface area contributed by atoms with Crippen molar-refractivity contribution in [2.45, 2.75) is 45.8 Å². The van der Waals surface area contributed by atoms with Gasteiger partial charge in [-0.05, 0) is 37.5 Å². The van der Waals surface area contributed by atoms with Gasteiger partial charge < -0.3 is 5.32 Å². The summed E-state index contributed by atoms with van der Waals surface area (Å²) in [6.45, 7) is 12.1. The molecule has 1 aromatic carbocycles. The van der Waals surface area contributed by atoms with E-state index in [4.69, 9.17) is 23.2 Å². The Balaban J connectivity index is 2.13. The van der Waals surface area contributed by atoms with E-state index in [0.29, 0.717) is 22.0 Å². The van der Waals surface area contributed by atoms with Crippen molar-refractivity contribution in [1.82, 2.24) is 10.2 Å². The van der Waals surface area contributed by atoms with E-state index in [1.54, 1.807) is 0 Å². The fraction of sp³-hybridized carbons (Fsp3) is 0.625. The lowest BCUT2D eigenvalue weighted by molar-refractivity contribution is 0.0475. The molecule has 2 rings (SSSR count). The summed E-state index contributed by atoms with van der Waals surface area (Å²) >= 11 is 12.1. The number of rotatable bonds is 3. The van der Waals surface area contributed by atoms with Gasteiger partial charge in [-0.25, -0.2) is 0 Å². The van der Waals surface area contributed by atoms with Crippen LogP contribution in [0.4, 0.5) is 0 Å². The van der Waals surface area contributed by atoms with Crippen LogP contribution in [0, 0.1) is 5.92 Å². The molecule has 0 radical (unpaired) electrons. The zero-order valence-electron chi connectivity index (χ0n) is 12.7. The first-order valence-corrected chi connectivity index (χ1v) is 7.97. The standard InChI is InChI=1S/C16H24Cl2N2/c1-11(2)15-9-20(16(3,4)10-19-15)8-12-5-6-13(17)14(18)7-12/h5-7,11,15,19H,8-10H2,1-4H3. The largest absolute Gasteiger partial charge is 0.311 e. The molecule has 112 valence electrons. The highest BCUT2D eigenvalue weighted by Gasteiger charge is 2.34. The van der Waals surface area contributed by atoms with Gasteiger partial charge in [-0.15, -0.1) is 0 Å². The van der Waals surface area contributed by atoms with Crippen molar-refractivity contribution in [2.24, 2.45) is 5.92 Å². The minimum absolute atomic E-state index is 0.150. The molecule has 1 aliphatic rings. The Morgan fingerprint density at radius 3 is 2.60 bits per heavy atom. The molecule has 20 heavy (non-hydrogen) atoms. The normalized spacial score (nSPS) is 23.2. The molecule has 0 bridgehead atoms. The highest BCUT2D eigenvalue weighted by Crippen LogP contribution is 2.27. The van der Waals surface area contributed by atoms with Crippen molar-refractivity contribution in [3.63, 3.8) is 0 Å². The second-order valence-corrected chi connectivity index (χ2v) is 7.49. The highest BCUT2D eigenvalue weighted by atomic mass is 35.5. The average Bonchev–Trinajstić information content (AvgIpc) is 2.36. The summed E-state index contributed by atoms with van der Waals surface area (Å²) in [7, 11) is 0. The molecule has 1 unspecified atom stereocenters. The second kappa shape index (κ2) is 6.23. The summed E-state index contributed by atoms with van der Waals surface area (Å²) in [5, 5.41) is 4.91. The van der Waals surface area contributed by atoms with E-state index in [2.05, 4.69) is 44.0 Å². The van der Waals surface area contributed by atoms with Crippen LogP contribution >= 0.6 is 23.2 Å². The van der Waals surface area contributed by atoms with Crippen molar-refractivity contribution in [3.05, 3.63) is 33.8 Å². The van der Waals surface area contributed by atoms with Crippen LogP contribution in [-0.4, -0.2) is 29.6 Å². The van der Waals surface area contributed by atoms with Crippen LogP contribution in [0.1, 0.15) is 33.3 Å².